The summed E-state index contributed by atoms with van der Waals surface area (Å²) in [5.74, 6) is 0. The van der Waals surface area contributed by atoms with E-state index in [1.807, 2.05) is 60.7 Å². The molecule has 0 spiro atoms. The first-order valence-electron chi connectivity index (χ1n) is 9.10. The van der Waals surface area contributed by atoms with Crippen molar-refractivity contribution < 1.29 is 28.8 Å². The van der Waals surface area contributed by atoms with Gasteiger partial charge in [-0.05, 0) is 5.56 Å². The molecule has 0 radical (unpaired) electrons. The van der Waals surface area contributed by atoms with Crippen LogP contribution in [0.2, 0.25) is 0 Å². The maximum atomic E-state index is 10.9. The number of benzene rings is 2. The average Bonchev–Trinajstić information content (AvgIpc) is 2.74. The Morgan fingerprint density at radius 3 is 2.41 bits per heavy atom. The minimum atomic E-state index is -0.896. The first-order valence-corrected chi connectivity index (χ1v) is 9.10. The molecule has 2 aliphatic rings. The third kappa shape index (κ3) is 4.06. The van der Waals surface area contributed by atoms with Crippen LogP contribution in [0.4, 0.5) is 0 Å². The number of fused-ring (bicyclic) bond motifs is 1. The van der Waals surface area contributed by atoms with Gasteiger partial charge in [-0.3, -0.25) is 0 Å². The van der Waals surface area contributed by atoms with Crippen LogP contribution in [0, 0.1) is 0 Å². The standard InChI is InChI=1S/C21H24O6/c1-23-21-19(24-12-14-8-4-2-5-9-14)17(22)18-16(26-21)13-25-20(27-18)15-10-6-3-7-11-15/h2-11,16-22H,12-13H2,1H3/t16-,17+,18-,19-,20?,21+/m1/s1. The predicted molar refractivity (Wildman–Crippen MR) is 96.7 cm³/mol. The maximum Gasteiger partial charge on any atom is 0.186 e. The van der Waals surface area contributed by atoms with Crippen molar-refractivity contribution in [1.82, 2.24) is 0 Å². The molecule has 1 N–H and O–H groups in total. The molecular weight excluding hydrogens is 348 g/mol. The molecular formula is C21H24O6. The Morgan fingerprint density at radius 2 is 1.70 bits per heavy atom. The van der Waals surface area contributed by atoms with Gasteiger partial charge < -0.3 is 28.8 Å². The summed E-state index contributed by atoms with van der Waals surface area (Å²) in [7, 11) is 1.54. The molecule has 6 atom stereocenters. The van der Waals surface area contributed by atoms with Crippen molar-refractivity contribution in [3.05, 3.63) is 71.8 Å². The highest BCUT2D eigenvalue weighted by atomic mass is 16.8. The highest BCUT2D eigenvalue weighted by molar-refractivity contribution is 5.17. The van der Waals surface area contributed by atoms with E-state index in [0.717, 1.165) is 11.1 Å². The van der Waals surface area contributed by atoms with Crippen molar-refractivity contribution in [1.29, 1.82) is 0 Å². The molecule has 2 heterocycles. The molecule has 6 nitrogen and oxygen atoms in total. The van der Waals surface area contributed by atoms with Crippen LogP contribution in [-0.4, -0.2) is 49.5 Å². The summed E-state index contributed by atoms with van der Waals surface area (Å²) in [6.07, 6.45) is -3.76. The van der Waals surface area contributed by atoms with Crippen LogP contribution >= 0.6 is 0 Å². The van der Waals surface area contributed by atoms with Gasteiger partial charge in [0.15, 0.2) is 12.6 Å². The van der Waals surface area contributed by atoms with E-state index < -0.39 is 37.0 Å². The molecule has 2 aromatic carbocycles. The van der Waals surface area contributed by atoms with Gasteiger partial charge >= 0.3 is 0 Å². The normalized spacial score (nSPS) is 33.4. The summed E-state index contributed by atoms with van der Waals surface area (Å²) in [5, 5.41) is 10.9. The van der Waals surface area contributed by atoms with E-state index >= 15 is 0 Å². The van der Waals surface area contributed by atoms with Gasteiger partial charge in [0.05, 0.1) is 13.2 Å². The van der Waals surface area contributed by atoms with Gasteiger partial charge in [0.2, 0.25) is 0 Å². The Labute approximate surface area is 158 Å². The Hall–Kier alpha value is -1.80. The van der Waals surface area contributed by atoms with E-state index in [9.17, 15) is 5.11 Å². The third-order valence-corrected chi connectivity index (χ3v) is 4.90. The summed E-state index contributed by atoms with van der Waals surface area (Å²) >= 11 is 0. The minimum absolute atomic E-state index is 0.312. The molecule has 0 bridgehead atoms. The number of ether oxygens (including phenoxy) is 5. The van der Waals surface area contributed by atoms with Gasteiger partial charge in [-0.15, -0.1) is 0 Å². The van der Waals surface area contributed by atoms with Gasteiger partial charge in [0, 0.05) is 12.7 Å². The topological polar surface area (TPSA) is 66.4 Å². The van der Waals surface area contributed by atoms with E-state index in [1.54, 1.807) is 0 Å². The first-order chi connectivity index (χ1) is 13.3. The molecule has 0 aromatic heterocycles. The molecule has 0 saturated carbocycles. The Morgan fingerprint density at radius 1 is 1.00 bits per heavy atom. The van der Waals surface area contributed by atoms with Gasteiger partial charge in [0.25, 0.3) is 0 Å². The Bertz CT molecular complexity index is 703. The highest BCUT2D eigenvalue weighted by Gasteiger charge is 2.50. The second-order valence-electron chi connectivity index (χ2n) is 6.71. The summed E-state index contributed by atoms with van der Waals surface area (Å²) in [6, 6.07) is 19.4. The fourth-order valence-corrected chi connectivity index (χ4v) is 3.48. The van der Waals surface area contributed by atoms with Gasteiger partial charge in [-0.2, -0.15) is 0 Å². The molecule has 4 rings (SSSR count). The predicted octanol–water partition coefficient (Wildman–Crippen LogP) is 2.42. The second kappa shape index (κ2) is 8.48. The lowest BCUT2D eigenvalue weighted by molar-refractivity contribution is -0.363. The molecule has 1 unspecified atom stereocenters. The van der Waals surface area contributed by atoms with Crippen LogP contribution in [0.1, 0.15) is 17.4 Å². The summed E-state index contributed by atoms with van der Waals surface area (Å²) in [4.78, 5) is 0. The molecule has 0 amide bonds. The van der Waals surface area contributed by atoms with E-state index in [0.29, 0.717) is 13.2 Å². The van der Waals surface area contributed by atoms with Crippen molar-refractivity contribution in [2.24, 2.45) is 0 Å². The zero-order valence-electron chi connectivity index (χ0n) is 15.1. The molecule has 6 heteroatoms. The van der Waals surface area contributed by atoms with E-state index in [2.05, 4.69) is 0 Å². The SMILES string of the molecule is CO[C@H]1O[C@@H]2COC(c3ccccc3)O[C@H]2[C@H](O)[C@H]1OCc1ccccc1. The van der Waals surface area contributed by atoms with Crippen LogP contribution in [0.5, 0.6) is 0 Å². The van der Waals surface area contributed by atoms with Crippen molar-refractivity contribution in [3.63, 3.8) is 0 Å². The van der Waals surface area contributed by atoms with Crippen molar-refractivity contribution in [2.45, 2.75) is 43.6 Å². The lowest BCUT2D eigenvalue weighted by atomic mass is 9.97. The molecule has 144 valence electrons. The first kappa shape index (κ1) is 18.6. The number of rotatable bonds is 5. The van der Waals surface area contributed by atoms with E-state index in [-0.39, 0.29) is 0 Å². The van der Waals surface area contributed by atoms with Gasteiger partial charge in [-0.25, -0.2) is 0 Å². The Kier molecular flexibility index (Phi) is 5.83. The number of hydrogen-bond acceptors (Lipinski definition) is 6. The van der Waals surface area contributed by atoms with Crippen molar-refractivity contribution >= 4 is 0 Å². The largest absolute Gasteiger partial charge is 0.387 e. The number of aliphatic hydroxyl groups is 1. The lowest BCUT2D eigenvalue weighted by Gasteiger charge is -2.47. The number of hydrogen-bond donors (Lipinski definition) is 1. The third-order valence-electron chi connectivity index (χ3n) is 4.90. The number of aliphatic hydroxyl groups excluding tert-OH is 1. The number of methoxy groups -OCH3 is 1. The Balaban J connectivity index is 1.46. The smallest absolute Gasteiger partial charge is 0.186 e. The van der Waals surface area contributed by atoms with Crippen LogP contribution in [0.3, 0.4) is 0 Å². The van der Waals surface area contributed by atoms with Crippen molar-refractivity contribution in [2.75, 3.05) is 13.7 Å². The van der Waals surface area contributed by atoms with Crippen LogP contribution in [0.25, 0.3) is 0 Å². The fraction of sp³-hybridized carbons (Fsp3) is 0.429. The minimum Gasteiger partial charge on any atom is -0.387 e. The zero-order valence-corrected chi connectivity index (χ0v) is 15.1. The fourth-order valence-electron chi connectivity index (χ4n) is 3.48. The summed E-state index contributed by atoms with van der Waals surface area (Å²) in [5.41, 5.74) is 1.91. The summed E-state index contributed by atoms with van der Waals surface area (Å²) in [6.45, 7) is 0.661. The van der Waals surface area contributed by atoms with E-state index in [4.69, 9.17) is 23.7 Å². The molecule has 2 saturated heterocycles. The monoisotopic (exact) mass is 372 g/mol. The van der Waals surface area contributed by atoms with Gasteiger partial charge in [-0.1, -0.05) is 60.7 Å². The molecule has 2 fully saturated rings. The van der Waals surface area contributed by atoms with Crippen LogP contribution < -0.4 is 0 Å². The molecule has 0 aliphatic carbocycles. The zero-order chi connectivity index (χ0) is 18.6. The van der Waals surface area contributed by atoms with E-state index in [1.165, 1.54) is 7.11 Å². The quantitative estimate of drug-likeness (QED) is 0.870. The van der Waals surface area contributed by atoms with Crippen LogP contribution in [-0.2, 0) is 30.3 Å². The lowest BCUT2D eigenvalue weighted by Crippen LogP contribution is -2.62. The molecule has 2 aliphatic heterocycles. The maximum absolute atomic E-state index is 10.9. The summed E-state index contributed by atoms with van der Waals surface area (Å²) < 4.78 is 29.1. The average molecular weight is 372 g/mol. The molecule has 2 aromatic rings. The van der Waals surface area contributed by atoms with Crippen LogP contribution in [0.15, 0.2) is 60.7 Å². The highest BCUT2D eigenvalue weighted by Crippen LogP contribution is 2.35. The van der Waals surface area contributed by atoms with Gasteiger partial charge in [0.1, 0.15) is 24.4 Å². The van der Waals surface area contributed by atoms with Crippen molar-refractivity contribution in [3.8, 4) is 0 Å². The second-order valence-corrected chi connectivity index (χ2v) is 6.71. The molecule has 27 heavy (non-hydrogen) atoms.